The van der Waals surface area contributed by atoms with Crippen molar-refractivity contribution in [2.75, 3.05) is 58.9 Å². The Labute approximate surface area is 188 Å². The summed E-state index contributed by atoms with van der Waals surface area (Å²) in [6.45, 7) is 11.6. The third kappa shape index (κ3) is 19.5. The molecule has 0 saturated carbocycles. The van der Waals surface area contributed by atoms with Crippen molar-refractivity contribution < 1.29 is 14.4 Å². The van der Waals surface area contributed by atoms with Gasteiger partial charge in [0.2, 0.25) is 0 Å². The van der Waals surface area contributed by atoms with Gasteiger partial charge in [-0.15, -0.1) is 0 Å². The van der Waals surface area contributed by atoms with E-state index in [1.807, 2.05) is 0 Å². The van der Waals surface area contributed by atoms with E-state index in [1.165, 1.54) is 0 Å². The first-order valence-corrected chi connectivity index (χ1v) is 11.8. The van der Waals surface area contributed by atoms with Crippen LogP contribution in [-0.4, -0.2) is 81.9 Å². The van der Waals surface area contributed by atoms with Crippen LogP contribution in [0.3, 0.4) is 0 Å². The molecule has 6 amide bonds. The number of hydrogen-bond donors (Lipinski definition) is 6. The number of nitrogens with one attached hydrogen (secondary N) is 6. The van der Waals surface area contributed by atoms with Crippen molar-refractivity contribution in [3.8, 4) is 0 Å². The van der Waals surface area contributed by atoms with Gasteiger partial charge < -0.3 is 31.9 Å². The number of carbonyl (C=O) groups is 3. The Morgan fingerprint density at radius 1 is 0.484 bits per heavy atom. The predicted molar refractivity (Wildman–Crippen MR) is 125 cm³/mol. The van der Waals surface area contributed by atoms with Crippen LogP contribution in [0.5, 0.6) is 0 Å². The maximum atomic E-state index is 11.8. The minimum Gasteiger partial charge on any atom is -0.338 e. The molecule has 10 nitrogen and oxygen atoms in total. The van der Waals surface area contributed by atoms with Crippen molar-refractivity contribution in [3.63, 3.8) is 0 Å². The van der Waals surface area contributed by atoms with Crippen LogP contribution in [0, 0.1) is 0 Å². The van der Waals surface area contributed by atoms with Crippen molar-refractivity contribution in [1.29, 1.82) is 0 Å². The lowest BCUT2D eigenvalue weighted by Gasteiger charge is -2.23. The fraction of sp³-hybridized carbons (Fsp3) is 0.857. The predicted octanol–water partition coefficient (Wildman–Crippen LogP) is 1.59. The first-order valence-electron chi connectivity index (χ1n) is 11.8. The number of amides is 6. The summed E-state index contributed by atoms with van der Waals surface area (Å²) in [6, 6.07) is -0.513. The molecule has 0 aliphatic heterocycles. The van der Waals surface area contributed by atoms with Crippen molar-refractivity contribution in [1.82, 2.24) is 36.8 Å². The van der Waals surface area contributed by atoms with Crippen LogP contribution < -0.4 is 31.9 Å². The van der Waals surface area contributed by atoms with E-state index in [0.29, 0.717) is 58.9 Å². The number of rotatable bonds is 18. The lowest BCUT2D eigenvalue weighted by atomic mass is 10.3. The van der Waals surface area contributed by atoms with E-state index in [9.17, 15) is 14.4 Å². The fourth-order valence-electron chi connectivity index (χ4n) is 2.64. The van der Waals surface area contributed by atoms with Crippen molar-refractivity contribution in [2.24, 2.45) is 0 Å². The molecule has 0 saturated heterocycles. The van der Waals surface area contributed by atoms with Crippen molar-refractivity contribution in [3.05, 3.63) is 0 Å². The zero-order valence-corrected chi connectivity index (χ0v) is 19.8. The minimum atomic E-state index is -0.171. The topological polar surface area (TPSA) is 127 Å². The van der Waals surface area contributed by atoms with Crippen molar-refractivity contribution in [2.45, 2.75) is 59.3 Å². The molecule has 0 fully saturated rings. The highest BCUT2D eigenvalue weighted by Gasteiger charge is 2.08. The van der Waals surface area contributed by atoms with Gasteiger partial charge in [0.1, 0.15) is 0 Å². The third-order valence-corrected chi connectivity index (χ3v) is 4.59. The maximum absolute atomic E-state index is 11.8. The highest BCUT2D eigenvalue weighted by molar-refractivity contribution is 5.74. The molecule has 0 aliphatic carbocycles. The highest BCUT2D eigenvalue weighted by atomic mass is 16.2. The van der Waals surface area contributed by atoms with Gasteiger partial charge in [-0.05, 0) is 19.3 Å². The van der Waals surface area contributed by atoms with E-state index < -0.39 is 0 Å². The lowest BCUT2D eigenvalue weighted by Crippen LogP contribution is -2.46. The third-order valence-electron chi connectivity index (χ3n) is 4.59. The second kappa shape index (κ2) is 21.0. The summed E-state index contributed by atoms with van der Waals surface area (Å²) < 4.78 is 0. The smallest absolute Gasteiger partial charge is 0.314 e. The van der Waals surface area contributed by atoms with Crippen LogP contribution in [0.25, 0.3) is 0 Å². The standard InChI is InChI=1S/C21H45N7O3/c1-4-7-10-22-19(29)25-13-16-28(17-14-26-20(30)23-11-8-5-2)18-15-27-21(31)24-12-9-6-3/h4-18H2,1-3H3,(H2,22,25,29)(H2,23,26,30)(H2,24,27,31). The minimum absolute atomic E-state index is 0.171. The summed E-state index contributed by atoms with van der Waals surface area (Å²) in [7, 11) is 0. The Hall–Kier alpha value is -2.23. The summed E-state index contributed by atoms with van der Waals surface area (Å²) in [5.74, 6) is 0. The van der Waals surface area contributed by atoms with Crippen LogP contribution in [0.15, 0.2) is 0 Å². The largest absolute Gasteiger partial charge is 0.338 e. The summed E-state index contributed by atoms with van der Waals surface area (Å²) in [5, 5.41) is 17.0. The van der Waals surface area contributed by atoms with E-state index in [-0.39, 0.29) is 18.1 Å². The number of nitrogens with zero attached hydrogens (tertiary/aromatic N) is 1. The Balaban J connectivity index is 4.26. The van der Waals surface area contributed by atoms with Gasteiger partial charge in [-0.3, -0.25) is 4.90 Å². The van der Waals surface area contributed by atoms with Crippen LogP contribution in [0.1, 0.15) is 59.3 Å². The molecule has 6 N–H and O–H groups in total. The lowest BCUT2D eigenvalue weighted by molar-refractivity contribution is 0.228. The Morgan fingerprint density at radius 3 is 1.00 bits per heavy atom. The average Bonchev–Trinajstić information content (AvgIpc) is 2.74. The summed E-state index contributed by atoms with van der Waals surface area (Å²) in [4.78, 5) is 37.5. The number of hydrogen-bond acceptors (Lipinski definition) is 4. The molecule has 0 heterocycles. The van der Waals surface area contributed by atoms with Crippen LogP contribution in [-0.2, 0) is 0 Å². The molecule has 0 unspecified atom stereocenters. The number of carbonyl (C=O) groups excluding carboxylic acids is 3. The second-order valence-electron chi connectivity index (χ2n) is 7.45. The second-order valence-corrected chi connectivity index (χ2v) is 7.45. The van der Waals surface area contributed by atoms with Gasteiger partial charge in [0.25, 0.3) is 0 Å². The van der Waals surface area contributed by atoms with Gasteiger partial charge in [0.15, 0.2) is 0 Å². The first kappa shape index (κ1) is 28.8. The molecule has 0 aromatic carbocycles. The molecule has 0 spiro atoms. The SMILES string of the molecule is CCCCNC(=O)NCCN(CCNC(=O)NCCCC)CCNC(=O)NCCCC. The van der Waals surface area contributed by atoms with E-state index in [1.54, 1.807) is 0 Å². The van der Waals surface area contributed by atoms with E-state index in [4.69, 9.17) is 0 Å². The molecule has 0 radical (unpaired) electrons. The van der Waals surface area contributed by atoms with Crippen molar-refractivity contribution >= 4 is 18.1 Å². The number of urea groups is 3. The van der Waals surface area contributed by atoms with Gasteiger partial charge in [-0.2, -0.15) is 0 Å². The quantitative estimate of drug-likeness (QED) is 0.180. The molecule has 10 heteroatoms. The van der Waals surface area contributed by atoms with Gasteiger partial charge >= 0.3 is 18.1 Å². The molecule has 0 rings (SSSR count). The van der Waals surface area contributed by atoms with Gasteiger partial charge in [-0.1, -0.05) is 40.0 Å². The molecule has 31 heavy (non-hydrogen) atoms. The van der Waals surface area contributed by atoms with Gasteiger partial charge in [0, 0.05) is 58.9 Å². The fourth-order valence-corrected chi connectivity index (χ4v) is 2.64. The van der Waals surface area contributed by atoms with Crippen LogP contribution in [0.4, 0.5) is 14.4 Å². The average molecular weight is 444 g/mol. The maximum Gasteiger partial charge on any atom is 0.314 e. The van der Waals surface area contributed by atoms with E-state index in [0.717, 1.165) is 38.5 Å². The molecule has 182 valence electrons. The van der Waals surface area contributed by atoms with Crippen LogP contribution in [0.2, 0.25) is 0 Å². The van der Waals surface area contributed by atoms with E-state index in [2.05, 4.69) is 57.6 Å². The Kier molecular flexibility index (Phi) is 19.5. The molecule has 0 bridgehead atoms. The van der Waals surface area contributed by atoms with Gasteiger partial charge in [-0.25, -0.2) is 14.4 Å². The molecule has 0 aromatic heterocycles. The zero-order chi connectivity index (χ0) is 23.2. The number of unbranched alkanes of at least 4 members (excludes halogenated alkanes) is 3. The molecule has 0 aromatic rings. The molecular weight excluding hydrogens is 398 g/mol. The summed E-state index contributed by atoms with van der Waals surface area (Å²) >= 11 is 0. The zero-order valence-electron chi connectivity index (χ0n) is 19.8. The Bertz CT molecular complexity index is 411. The van der Waals surface area contributed by atoms with Crippen LogP contribution >= 0.6 is 0 Å². The molecule has 0 atom stereocenters. The monoisotopic (exact) mass is 443 g/mol. The summed E-state index contributed by atoms with van der Waals surface area (Å²) in [5.41, 5.74) is 0. The molecular formula is C21H45N7O3. The Morgan fingerprint density at radius 2 is 0.742 bits per heavy atom. The highest BCUT2D eigenvalue weighted by Crippen LogP contribution is 1.88. The van der Waals surface area contributed by atoms with Gasteiger partial charge in [0.05, 0.1) is 0 Å². The van der Waals surface area contributed by atoms with E-state index >= 15 is 0 Å². The molecule has 0 aliphatic rings. The normalized spacial score (nSPS) is 10.5. The first-order chi connectivity index (χ1) is 15.0. The summed E-state index contributed by atoms with van der Waals surface area (Å²) in [6.07, 6.45) is 5.97.